The quantitative estimate of drug-likeness (QED) is 0.564. The second kappa shape index (κ2) is 6.43. The summed E-state index contributed by atoms with van der Waals surface area (Å²) >= 11 is 0. The van der Waals surface area contributed by atoms with Gasteiger partial charge in [-0.3, -0.25) is 0 Å². The van der Waals surface area contributed by atoms with Crippen LogP contribution in [0.1, 0.15) is 43.2 Å². The predicted octanol–water partition coefficient (Wildman–Crippen LogP) is 5.41. The van der Waals surface area contributed by atoms with Crippen LogP contribution in [-0.4, -0.2) is 22.8 Å². The van der Waals surface area contributed by atoms with Crippen LogP contribution in [0.4, 0.5) is 26.3 Å². The Morgan fingerprint density at radius 3 is 2.13 bits per heavy atom. The van der Waals surface area contributed by atoms with E-state index < -0.39 is 34.7 Å². The molecule has 30 heavy (non-hydrogen) atoms. The largest absolute Gasteiger partial charge is 0.411 e. The highest BCUT2D eigenvalue weighted by Gasteiger charge is 2.74. The maximum absolute atomic E-state index is 14.0. The van der Waals surface area contributed by atoms with Crippen LogP contribution in [0, 0.1) is 16.7 Å². The minimum atomic E-state index is -5.79. The van der Waals surface area contributed by atoms with E-state index >= 15 is 0 Å². The van der Waals surface area contributed by atoms with Crippen LogP contribution in [0.5, 0.6) is 0 Å². The Labute approximate surface area is 169 Å². The van der Waals surface area contributed by atoms with Crippen LogP contribution in [0.25, 0.3) is 5.70 Å². The van der Waals surface area contributed by atoms with Crippen molar-refractivity contribution in [2.45, 2.75) is 56.4 Å². The number of rotatable bonds is 0. The molecule has 0 bridgehead atoms. The number of allylic oxidation sites excluding steroid dienone is 2. The molecule has 1 aromatic carbocycles. The SMILES string of the molecule is N#CC1=C(N)N2C(=CC1(C(F)(F)F)C(F)(F)F)c1ccccc1CC21CCCCC1. The molecule has 0 atom stereocenters. The summed E-state index contributed by atoms with van der Waals surface area (Å²) in [7, 11) is 0. The number of nitriles is 1. The molecule has 0 saturated heterocycles. The molecule has 2 N–H and O–H groups in total. The lowest BCUT2D eigenvalue weighted by atomic mass is 9.68. The number of benzene rings is 1. The van der Waals surface area contributed by atoms with E-state index in [2.05, 4.69) is 0 Å². The number of nitrogens with two attached hydrogens (primary N) is 1. The van der Waals surface area contributed by atoms with E-state index in [4.69, 9.17) is 5.73 Å². The van der Waals surface area contributed by atoms with Crippen LogP contribution in [0.2, 0.25) is 0 Å². The fourth-order valence-electron chi connectivity index (χ4n) is 5.22. The molecule has 2 heterocycles. The summed E-state index contributed by atoms with van der Waals surface area (Å²) in [6, 6.07) is 7.69. The van der Waals surface area contributed by atoms with E-state index in [0.29, 0.717) is 24.8 Å². The van der Waals surface area contributed by atoms with Crippen molar-refractivity contribution in [1.82, 2.24) is 4.90 Å². The third kappa shape index (κ3) is 2.58. The molecule has 1 saturated carbocycles. The van der Waals surface area contributed by atoms with Crippen molar-refractivity contribution in [2.24, 2.45) is 11.1 Å². The Morgan fingerprint density at radius 2 is 1.57 bits per heavy atom. The molecule has 0 aromatic heterocycles. The summed E-state index contributed by atoms with van der Waals surface area (Å²) in [5.41, 5.74) is 0.0728. The third-order valence-corrected chi connectivity index (χ3v) is 6.56. The number of alkyl halides is 6. The standard InChI is InChI=1S/C21H19F6N3/c22-20(23,24)19(21(25,26)27)11-16-14-7-3-2-6-13(14)10-18(8-4-1-5-9-18)30(16)17(29)15(19)12-28/h2-3,6-7,11H,1,4-5,8-10,29H2. The first-order valence-corrected chi connectivity index (χ1v) is 9.64. The van der Waals surface area contributed by atoms with E-state index in [1.54, 1.807) is 18.2 Å². The lowest BCUT2D eigenvalue weighted by Crippen LogP contribution is -2.60. The summed E-state index contributed by atoms with van der Waals surface area (Å²) < 4.78 is 84.3. The molecule has 160 valence electrons. The zero-order valence-electron chi connectivity index (χ0n) is 15.9. The number of halogens is 6. The van der Waals surface area contributed by atoms with Gasteiger partial charge in [-0.2, -0.15) is 31.6 Å². The molecule has 9 heteroatoms. The van der Waals surface area contributed by atoms with Gasteiger partial charge in [0.25, 0.3) is 0 Å². The highest BCUT2D eigenvalue weighted by atomic mass is 19.4. The molecular weight excluding hydrogens is 408 g/mol. The Hall–Kier alpha value is -2.63. The van der Waals surface area contributed by atoms with Gasteiger partial charge in [-0.1, -0.05) is 43.5 Å². The van der Waals surface area contributed by atoms with Crippen molar-refractivity contribution in [2.75, 3.05) is 0 Å². The third-order valence-electron chi connectivity index (χ3n) is 6.56. The predicted molar refractivity (Wildman–Crippen MR) is 97.1 cm³/mol. The van der Waals surface area contributed by atoms with Gasteiger partial charge in [0.15, 0.2) is 0 Å². The van der Waals surface area contributed by atoms with Gasteiger partial charge in [0.05, 0.1) is 11.1 Å². The average Bonchev–Trinajstić information content (AvgIpc) is 2.66. The number of nitrogens with zero attached hydrogens (tertiary/aromatic N) is 2. The molecule has 0 radical (unpaired) electrons. The monoisotopic (exact) mass is 427 g/mol. The summed E-state index contributed by atoms with van der Waals surface area (Å²) in [6.07, 6.45) is -7.30. The molecule has 1 aromatic rings. The molecule has 0 amide bonds. The first-order chi connectivity index (χ1) is 14.0. The van der Waals surface area contributed by atoms with Crippen molar-refractivity contribution in [3.8, 4) is 6.07 Å². The number of hydrogen-bond acceptors (Lipinski definition) is 3. The molecule has 1 aliphatic carbocycles. The van der Waals surface area contributed by atoms with Crippen LogP contribution in [0.15, 0.2) is 41.7 Å². The molecule has 3 nitrogen and oxygen atoms in total. The molecule has 3 aliphatic rings. The second-order valence-electron chi connectivity index (χ2n) is 8.16. The second-order valence-corrected chi connectivity index (χ2v) is 8.16. The van der Waals surface area contributed by atoms with Gasteiger partial charge in [-0.05, 0) is 30.9 Å². The summed E-state index contributed by atoms with van der Waals surface area (Å²) in [6.45, 7) is 0. The van der Waals surface area contributed by atoms with Gasteiger partial charge < -0.3 is 10.6 Å². The summed E-state index contributed by atoms with van der Waals surface area (Å²) in [5, 5.41) is 9.45. The summed E-state index contributed by atoms with van der Waals surface area (Å²) in [5.74, 6) is -0.749. The zero-order chi connectivity index (χ0) is 21.9. The van der Waals surface area contributed by atoms with Crippen molar-refractivity contribution in [3.05, 3.63) is 52.9 Å². The van der Waals surface area contributed by atoms with Crippen LogP contribution in [0.3, 0.4) is 0 Å². The van der Waals surface area contributed by atoms with Crippen molar-refractivity contribution < 1.29 is 26.3 Å². The lowest BCUT2D eigenvalue weighted by Gasteiger charge is -2.55. The molecule has 1 fully saturated rings. The minimum absolute atomic E-state index is 0.177. The van der Waals surface area contributed by atoms with Crippen molar-refractivity contribution >= 4 is 5.70 Å². The maximum Gasteiger partial charge on any atom is 0.411 e. The Morgan fingerprint density at radius 1 is 0.967 bits per heavy atom. The molecule has 1 spiro atoms. The zero-order valence-corrected chi connectivity index (χ0v) is 15.9. The highest BCUT2D eigenvalue weighted by Crippen LogP contribution is 2.61. The van der Waals surface area contributed by atoms with Crippen molar-refractivity contribution in [3.63, 3.8) is 0 Å². The topological polar surface area (TPSA) is 53.1 Å². The number of fused-ring (bicyclic) bond motifs is 4. The fourth-order valence-corrected chi connectivity index (χ4v) is 5.22. The first-order valence-electron chi connectivity index (χ1n) is 9.64. The van der Waals surface area contributed by atoms with Gasteiger partial charge in [-0.25, -0.2) is 0 Å². The smallest absolute Gasteiger partial charge is 0.384 e. The Balaban J connectivity index is 2.09. The minimum Gasteiger partial charge on any atom is -0.384 e. The van der Waals surface area contributed by atoms with Gasteiger partial charge in [-0.15, -0.1) is 0 Å². The number of hydrogen-bond donors (Lipinski definition) is 1. The molecule has 2 aliphatic heterocycles. The van der Waals surface area contributed by atoms with Gasteiger partial charge >= 0.3 is 12.4 Å². The highest BCUT2D eigenvalue weighted by molar-refractivity contribution is 5.76. The average molecular weight is 427 g/mol. The van der Waals surface area contributed by atoms with Crippen LogP contribution in [-0.2, 0) is 6.42 Å². The maximum atomic E-state index is 14.0. The van der Waals surface area contributed by atoms with Crippen molar-refractivity contribution in [1.29, 1.82) is 5.26 Å². The van der Waals surface area contributed by atoms with E-state index in [-0.39, 0.29) is 17.3 Å². The molecule has 4 rings (SSSR count). The molecule has 0 unspecified atom stereocenters. The Kier molecular flexibility index (Phi) is 4.42. The summed E-state index contributed by atoms with van der Waals surface area (Å²) in [4.78, 5) is 1.39. The van der Waals surface area contributed by atoms with Crippen LogP contribution >= 0.6 is 0 Å². The fraction of sp³-hybridized carbons (Fsp3) is 0.476. The lowest BCUT2D eigenvalue weighted by molar-refractivity contribution is -0.306. The van der Waals surface area contributed by atoms with E-state index in [0.717, 1.165) is 19.3 Å². The first kappa shape index (κ1) is 20.6. The normalized spacial score (nSPS) is 22.8. The van der Waals surface area contributed by atoms with E-state index in [1.807, 2.05) is 0 Å². The van der Waals surface area contributed by atoms with Gasteiger partial charge in [0.2, 0.25) is 5.41 Å². The van der Waals surface area contributed by atoms with E-state index in [1.165, 1.54) is 17.0 Å². The van der Waals surface area contributed by atoms with Gasteiger partial charge in [0.1, 0.15) is 11.9 Å². The van der Waals surface area contributed by atoms with Crippen LogP contribution < -0.4 is 5.73 Å². The Bertz CT molecular complexity index is 960. The van der Waals surface area contributed by atoms with Gasteiger partial charge in [0, 0.05) is 11.3 Å². The molecular formula is C21H19F6N3. The van der Waals surface area contributed by atoms with E-state index in [9.17, 15) is 31.6 Å².